The number of nitrogens with zero attached hydrogens (tertiary/aromatic N) is 1. The summed E-state index contributed by atoms with van der Waals surface area (Å²) in [5, 5.41) is 4.49. The smallest absolute Gasteiger partial charge is 0.155 e. The van der Waals surface area contributed by atoms with Crippen LogP contribution < -0.4 is 5.73 Å². The van der Waals surface area contributed by atoms with E-state index in [2.05, 4.69) is 54.5 Å². The zero-order valence-corrected chi connectivity index (χ0v) is 19.5. The van der Waals surface area contributed by atoms with Gasteiger partial charge in [0.25, 0.3) is 0 Å². The largest absolute Gasteiger partial charge is 0.395 e. The molecule has 0 aliphatic heterocycles. The Kier molecular flexibility index (Phi) is 7.10. The van der Waals surface area contributed by atoms with Crippen LogP contribution in [0.3, 0.4) is 0 Å². The SMILES string of the molecule is CCC(C)C(=O)C1(N)CCC(c2ccc3c(c2)CCC/C3=N\OCCc2ccccc2)C1. The summed E-state index contributed by atoms with van der Waals surface area (Å²) in [6, 6.07) is 17.1. The van der Waals surface area contributed by atoms with Crippen LogP contribution >= 0.6 is 0 Å². The fraction of sp³-hybridized carbons (Fsp3) is 0.500. The minimum absolute atomic E-state index is 0.0444. The first kappa shape index (κ1) is 22.7. The standard InChI is InChI=1S/C28H36N2O2/c1-3-20(2)27(31)28(29)16-14-24(19-28)22-12-13-25-23(18-22)10-7-11-26(25)30-32-17-15-21-8-5-4-6-9-21/h4-6,8-9,12-13,18,20,24H,3,7,10-11,14-17,19,29H2,1-2H3/b30-26+. The van der Waals surface area contributed by atoms with Gasteiger partial charge in [-0.3, -0.25) is 4.79 Å². The highest BCUT2D eigenvalue weighted by molar-refractivity contribution is 6.02. The zero-order valence-electron chi connectivity index (χ0n) is 19.5. The Labute approximate surface area is 192 Å². The van der Waals surface area contributed by atoms with Gasteiger partial charge in [-0.1, -0.05) is 67.5 Å². The maximum Gasteiger partial charge on any atom is 0.155 e. The number of carbonyl (C=O) groups is 1. The second-order valence-corrected chi connectivity index (χ2v) is 9.65. The van der Waals surface area contributed by atoms with E-state index < -0.39 is 5.54 Å². The van der Waals surface area contributed by atoms with Crippen molar-refractivity contribution in [2.24, 2.45) is 16.8 Å². The molecule has 2 aliphatic carbocycles. The van der Waals surface area contributed by atoms with E-state index in [0.29, 0.717) is 12.5 Å². The highest BCUT2D eigenvalue weighted by Gasteiger charge is 2.43. The second kappa shape index (κ2) is 9.99. The van der Waals surface area contributed by atoms with Crippen molar-refractivity contribution in [1.82, 2.24) is 0 Å². The van der Waals surface area contributed by atoms with E-state index in [1.165, 1.54) is 22.3 Å². The fourth-order valence-corrected chi connectivity index (χ4v) is 5.22. The second-order valence-electron chi connectivity index (χ2n) is 9.65. The molecule has 2 N–H and O–H groups in total. The van der Waals surface area contributed by atoms with Crippen molar-refractivity contribution in [2.75, 3.05) is 6.61 Å². The third-order valence-corrected chi connectivity index (χ3v) is 7.37. The number of nitrogens with two attached hydrogens (primary N) is 1. The summed E-state index contributed by atoms with van der Waals surface area (Å²) in [7, 11) is 0. The quantitative estimate of drug-likeness (QED) is 0.438. The van der Waals surface area contributed by atoms with Gasteiger partial charge in [0.2, 0.25) is 0 Å². The van der Waals surface area contributed by atoms with Crippen LogP contribution in [0.1, 0.15) is 80.5 Å². The predicted octanol–water partition coefficient (Wildman–Crippen LogP) is 5.57. The zero-order chi connectivity index (χ0) is 22.6. The Morgan fingerprint density at radius 2 is 2.03 bits per heavy atom. The molecule has 3 unspecified atom stereocenters. The lowest BCUT2D eigenvalue weighted by molar-refractivity contribution is -0.127. The third-order valence-electron chi connectivity index (χ3n) is 7.37. The predicted molar refractivity (Wildman–Crippen MR) is 130 cm³/mol. The summed E-state index contributed by atoms with van der Waals surface area (Å²) in [6.45, 7) is 4.66. The molecule has 0 spiro atoms. The van der Waals surface area contributed by atoms with Crippen molar-refractivity contribution in [1.29, 1.82) is 0 Å². The monoisotopic (exact) mass is 432 g/mol. The maximum absolute atomic E-state index is 12.8. The first-order valence-electron chi connectivity index (χ1n) is 12.2. The van der Waals surface area contributed by atoms with Crippen molar-refractivity contribution in [3.05, 3.63) is 70.8 Å². The average Bonchev–Trinajstić information content (AvgIpc) is 3.24. The topological polar surface area (TPSA) is 64.7 Å². The molecule has 0 heterocycles. The van der Waals surface area contributed by atoms with Gasteiger partial charge in [-0.25, -0.2) is 0 Å². The van der Waals surface area contributed by atoms with Gasteiger partial charge < -0.3 is 10.6 Å². The molecule has 2 aromatic rings. The number of ketones is 1. The summed E-state index contributed by atoms with van der Waals surface area (Å²) < 4.78 is 0. The summed E-state index contributed by atoms with van der Waals surface area (Å²) in [5.41, 5.74) is 12.1. The highest BCUT2D eigenvalue weighted by atomic mass is 16.6. The molecule has 4 nitrogen and oxygen atoms in total. The van der Waals surface area contributed by atoms with E-state index in [-0.39, 0.29) is 11.7 Å². The van der Waals surface area contributed by atoms with E-state index in [9.17, 15) is 4.79 Å². The van der Waals surface area contributed by atoms with Gasteiger partial charge >= 0.3 is 0 Å². The Morgan fingerprint density at radius 1 is 1.22 bits per heavy atom. The maximum atomic E-state index is 12.8. The van der Waals surface area contributed by atoms with Gasteiger partial charge in [0, 0.05) is 17.9 Å². The lowest BCUT2D eigenvalue weighted by atomic mass is 9.82. The first-order chi connectivity index (χ1) is 15.5. The lowest BCUT2D eigenvalue weighted by Crippen LogP contribution is -2.48. The number of fused-ring (bicyclic) bond motifs is 1. The third kappa shape index (κ3) is 4.96. The molecule has 1 fully saturated rings. The number of benzene rings is 2. The molecule has 170 valence electrons. The molecule has 0 radical (unpaired) electrons. The van der Waals surface area contributed by atoms with E-state index in [1.54, 1.807) is 0 Å². The Morgan fingerprint density at radius 3 is 2.81 bits per heavy atom. The summed E-state index contributed by atoms with van der Waals surface area (Å²) in [4.78, 5) is 18.5. The molecule has 4 heteroatoms. The number of rotatable bonds is 8. The number of carbonyl (C=O) groups excluding carboxylic acids is 1. The van der Waals surface area contributed by atoms with Crippen LogP contribution in [0.2, 0.25) is 0 Å². The van der Waals surface area contributed by atoms with Gasteiger partial charge in [-0.15, -0.1) is 0 Å². The Bertz CT molecular complexity index is 969. The van der Waals surface area contributed by atoms with Crippen LogP contribution in [0, 0.1) is 5.92 Å². The van der Waals surface area contributed by atoms with Gasteiger partial charge in [0.1, 0.15) is 6.61 Å². The minimum atomic E-state index is -0.658. The van der Waals surface area contributed by atoms with Gasteiger partial charge in [-0.2, -0.15) is 0 Å². The molecule has 0 amide bonds. The van der Waals surface area contributed by atoms with E-state index in [4.69, 9.17) is 10.6 Å². The number of hydrogen-bond acceptors (Lipinski definition) is 4. The molecule has 2 aliphatic rings. The summed E-state index contributed by atoms with van der Waals surface area (Å²) in [5.74, 6) is 0.646. The van der Waals surface area contributed by atoms with E-state index >= 15 is 0 Å². The molecule has 32 heavy (non-hydrogen) atoms. The molecule has 0 aromatic heterocycles. The Balaban J connectivity index is 1.41. The number of aryl methyl sites for hydroxylation is 1. The molecule has 1 saturated carbocycles. The van der Waals surface area contributed by atoms with Crippen LogP contribution in [-0.4, -0.2) is 23.6 Å². The average molecular weight is 433 g/mol. The highest BCUT2D eigenvalue weighted by Crippen LogP contribution is 2.42. The van der Waals surface area contributed by atoms with E-state index in [0.717, 1.165) is 57.1 Å². The fourth-order valence-electron chi connectivity index (χ4n) is 5.22. The molecular formula is C28H36N2O2. The van der Waals surface area contributed by atoms with Crippen molar-refractivity contribution >= 4 is 11.5 Å². The normalized spacial score (nSPS) is 24.8. The van der Waals surface area contributed by atoms with Crippen LogP contribution in [0.15, 0.2) is 53.7 Å². The number of Topliss-reactive ketones (excluding diaryl/α,β-unsaturated/α-hetero) is 1. The van der Waals surface area contributed by atoms with Crippen LogP contribution in [0.25, 0.3) is 0 Å². The molecule has 0 saturated heterocycles. The van der Waals surface area contributed by atoms with Crippen molar-refractivity contribution in [3.8, 4) is 0 Å². The van der Waals surface area contributed by atoms with E-state index in [1.807, 2.05) is 13.0 Å². The molecule has 3 atom stereocenters. The lowest BCUT2D eigenvalue weighted by Gasteiger charge is -2.26. The Hall–Kier alpha value is -2.46. The van der Waals surface area contributed by atoms with Crippen LogP contribution in [-0.2, 0) is 22.5 Å². The molecule has 2 aromatic carbocycles. The van der Waals surface area contributed by atoms with Crippen molar-refractivity contribution in [2.45, 2.75) is 76.7 Å². The van der Waals surface area contributed by atoms with Crippen molar-refractivity contribution < 1.29 is 9.63 Å². The summed E-state index contributed by atoms with van der Waals surface area (Å²) >= 11 is 0. The summed E-state index contributed by atoms with van der Waals surface area (Å²) in [6.07, 6.45) is 7.38. The molecule has 4 rings (SSSR count). The van der Waals surface area contributed by atoms with Crippen molar-refractivity contribution in [3.63, 3.8) is 0 Å². The van der Waals surface area contributed by atoms with Gasteiger partial charge in [0.15, 0.2) is 5.78 Å². The number of oxime groups is 1. The number of hydrogen-bond donors (Lipinski definition) is 1. The minimum Gasteiger partial charge on any atom is -0.395 e. The van der Waals surface area contributed by atoms with Crippen LogP contribution in [0.5, 0.6) is 0 Å². The molecular weight excluding hydrogens is 396 g/mol. The van der Waals surface area contributed by atoms with Gasteiger partial charge in [0.05, 0.1) is 11.3 Å². The first-order valence-corrected chi connectivity index (χ1v) is 12.2. The van der Waals surface area contributed by atoms with Gasteiger partial charge in [-0.05, 0) is 67.6 Å². The molecule has 0 bridgehead atoms. The van der Waals surface area contributed by atoms with Crippen LogP contribution in [0.4, 0.5) is 0 Å².